The van der Waals surface area contributed by atoms with Crippen LogP contribution in [0.25, 0.3) is 0 Å². The fourth-order valence-corrected chi connectivity index (χ4v) is 1.70. The van der Waals surface area contributed by atoms with Crippen LogP contribution < -0.4 is 0 Å². The van der Waals surface area contributed by atoms with Gasteiger partial charge in [0.2, 0.25) is 0 Å². The molecule has 1 radical (unpaired) electrons. The summed E-state index contributed by atoms with van der Waals surface area (Å²) in [5, 5.41) is 4.21. The van der Waals surface area contributed by atoms with Gasteiger partial charge >= 0.3 is 0 Å². The number of hydrogen-bond acceptors (Lipinski definition) is 2. The number of rotatable bonds is 1. The van der Waals surface area contributed by atoms with Gasteiger partial charge in [0.05, 0.1) is 12.2 Å². The Bertz CT molecular complexity index is 222. The molecule has 2 rings (SSSR count). The average molecular weight is 164 g/mol. The molecule has 1 aliphatic rings. The Morgan fingerprint density at radius 1 is 1.42 bits per heavy atom. The summed E-state index contributed by atoms with van der Waals surface area (Å²) in [7, 11) is 2.17. The lowest BCUT2D eigenvalue weighted by Crippen LogP contribution is -2.31. The molecule has 0 saturated carbocycles. The molecule has 1 aromatic rings. The molecular formula is C9H14N3. The normalized spacial score (nSPS) is 21.4. The van der Waals surface area contributed by atoms with E-state index in [1.807, 2.05) is 10.9 Å². The summed E-state index contributed by atoms with van der Waals surface area (Å²) in [5.74, 6) is 0. The highest BCUT2D eigenvalue weighted by atomic mass is 15.3. The van der Waals surface area contributed by atoms with Gasteiger partial charge in [-0.2, -0.15) is 5.10 Å². The molecule has 0 aliphatic carbocycles. The van der Waals surface area contributed by atoms with Crippen LogP contribution >= 0.6 is 0 Å². The van der Waals surface area contributed by atoms with E-state index in [0.717, 1.165) is 0 Å². The van der Waals surface area contributed by atoms with E-state index in [-0.39, 0.29) is 0 Å². The van der Waals surface area contributed by atoms with Crippen LogP contribution in [0.15, 0.2) is 12.4 Å². The van der Waals surface area contributed by atoms with Crippen LogP contribution in [0.2, 0.25) is 0 Å². The largest absolute Gasteiger partial charge is 0.306 e. The molecule has 0 bridgehead atoms. The van der Waals surface area contributed by atoms with Crippen molar-refractivity contribution >= 4 is 0 Å². The first kappa shape index (κ1) is 7.80. The molecule has 3 nitrogen and oxygen atoms in total. The number of piperidine rings is 1. The Kier molecular flexibility index (Phi) is 2.13. The van der Waals surface area contributed by atoms with Gasteiger partial charge in [0.15, 0.2) is 0 Å². The van der Waals surface area contributed by atoms with E-state index in [1.165, 1.54) is 25.9 Å². The highest BCUT2D eigenvalue weighted by Gasteiger charge is 2.17. The fourth-order valence-electron chi connectivity index (χ4n) is 1.70. The second kappa shape index (κ2) is 3.27. The standard InChI is InChI=1S/C9H14N3/c1-11-7-3-9(4-8-11)12-6-2-5-10-12/h5-6,9H,3-4,7-8H2,1H3. The minimum atomic E-state index is 0.604. The van der Waals surface area contributed by atoms with Gasteiger partial charge in [0, 0.05) is 12.3 Å². The van der Waals surface area contributed by atoms with E-state index in [2.05, 4.69) is 23.1 Å². The first-order chi connectivity index (χ1) is 5.86. The molecule has 1 fully saturated rings. The Hall–Kier alpha value is -0.830. The van der Waals surface area contributed by atoms with Crippen LogP contribution in [0.3, 0.4) is 0 Å². The average Bonchev–Trinajstić information content (AvgIpc) is 2.58. The number of likely N-dealkylation sites (tertiary alicyclic amines) is 1. The van der Waals surface area contributed by atoms with Gasteiger partial charge in [-0.05, 0) is 33.0 Å². The lowest BCUT2D eigenvalue weighted by Gasteiger charge is -2.28. The molecule has 1 aliphatic heterocycles. The van der Waals surface area contributed by atoms with Crippen LogP contribution in [0.5, 0.6) is 0 Å². The maximum absolute atomic E-state index is 4.21. The molecule has 0 atom stereocenters. The van der Waals surface area contributed by atoms with Gasteiger partial charge in [-0.15, -0.1) is 0 Å². The van der Waals surface area contributed by atoms with Gasteiger partial charge < -0.3 is 4.90 Å². The van der Waals surface area contributed by atoms with Gasteiger partial charge in [-0.25, -0.2) is 0 Å². The highest BCUT2D eigenvalue weighted by molar-refractivity contribution is 4.81. The maximum atomic E-state index is 4.21. The second-order valence-corrected chi connectivity index (χ2v) is 3.45. The Morgan fingerprint density at radius 3 is 2.75 bits per heavy atom. The number of hydrogen-bond donors (Lipinski definition) is 0. The molecule has 0 spiro atoms. The number of nitrogens with zero attached hydrogens (tertiary/aromatic N) is 3. The predicted molar refractivity (Wildman–Crippen MR) is 46.8 cm³/mol. The van der Waals surface area contributed by atoms with E-state index < -0.39 is 0 Å². The van der Waals surface area contributed by atoms with Gasteiger partial charge in [-0.1, -0.05) is 0 Å². The fraction of sp³-hybridized carbons (Fsp3) is 0.667. The van der Waals surface area contributed by atoms with Crippen molar-refractivity contribution in [3.8, 4) is 0 Å². The van der Waals surface area contributed by atoms with Crippen molar-refractivity contribution in [2.45, 2.75) is 18.9 Å². The minimum absolute atomic E-state index is 0.604. The topological polar surface area (TPSA) is 21.1 Å². The summed E-state index contributed by atoms with van der Waals surface area (Å²) in [6.45, 7) is 2.37. The zero-order chi connectivity index (χ0) is 8.39. The molecule has 1 saturated heterocycles. The molecule has 0 amide bonds. The molecule has 0 N–H and O–H groups in total. The lowest BCUT2D eigenvalue weighted by atomic mass is 10.1. The van der Waals surface area contributed by atoms with Gasteiger partial charge in [0.1, 0.15) is 0 Å². The first-order valence-electron chi connectivity index (χ1n) is 4.45. The van der Waals surface area contributed by atoms with Crippen molar-refractivity contribution in [2.24, 2.45) is 0 Å². The molecular weight excluding hydrogens is 150 g/mol. The molecule has 1 aromatic heterocycles. The van der Waals surface area contributed by atoms with Crippen LogP contribution in [-0.2, 0) is 0 Å². The second-order valence-electron chi connectivity index (χ2n) is 3.45. The Labute approximate surface area is 73.0 Å². The molecule has 12 heavy (non-hydrogen) atoms. The molecule has 2 heterocycles. The lowest BCUT2D eigenvalue weighted by molar-refractivity contribution is 0.212. The van der Waals surface area contributed by atoms with Gasteiger partial charge in [0.25, 0.3) is 0 Å². The molecule has 3 heteroatoms. The van der Waals surface area contributed by atoms with Crippen molar-refractivity contribution < 1.29 is 0 Å². The van der Waals surface area contributed by atoms with Crippen LogP contribution in [0.4, 0.5) is 0 Å². The smallest absolute Gasteiger partial charge is 0.0569 e. The summed E-state index contributed by atoms with van der Waals surface area (Å²) in [4.78, 5) is 2.36. The van der Waals surface area contributed by atoms with E-state index in [0.29, 0.717) is 6.04 Å². The monoisotopic (exact) mass is 164 g/mol. The van der Waals surface area contributed by atoms with E-state index in [1.54, 1.807) is 6.20 Å². The van der Waals surface area contributed by atoms with Crippen LogP contribution in [-0.4, -0.2) is 34.8 Å². The molecule has 65 valence electrons. The Morgan fingerprint density at radius 2 is 2.17 bits per heavy atom. The maximum Gasteiger partial charge on any atom is 0.0569 e. The summed E-state index contributed by atoms with van der Waals surface area (Å²) in [6.07, 6.45) is 6.10. The van der Waals surface area contributed by atoms with E-state index in [4.69, 9.17) is 0 Å². The predicted octanol–water partition coefficient (Wildman–Crippen LogP) is 0.950. The molecule has 0 aromatic carbocycles. The quantitative estimate of drug-likeness (QED) is 0.616. The Balaban J connectivity index is 1.99. The van der Waals surface area contributed by atoms with Crippen LogP contribution in [0, 0.1) is 6.07 Å². The van der Waals surface area contributed by atoms with Crippen molar-refractivity contribution in [1.29, 1.82) is 0 Å². The first-order valence-corrected chi connectivity index (χ1v) is 4.45. The van der Waals surface area contributed by atoms with Crippen molar-refractivity contribution in [3.63, 3.8) is 0 Å². The van der Waals surface area contributed by atoms with Crippen molar-refractivity contribution in [3.05, 3.63) is 18.5 Å². The van der Waals surface area contributed by atoms with Crippen LogP contribution in [0.1, 0.15) is 18.9 Å². The zero-order valence-corrected chi connectivity index (χ0v) is 7.40. The summed E-state index contributed by atoms with van der Waals surface area (Å²) < 4.78 is 2.03. The minimum Gasteiger partial charge on any atom is -0.306 e. The third-order valence-electron chi connectivity index (χ3n) is 2.53. The summed E-state index contributed by atoms with van der Waals surface area (Å²) >= 11 is 0. The third kappa shape index (κ3) is 1.50. The van der Waals surface area contributed by atoms with Crippen molar-refractivity contribution in [2.75, 3.05) is 20.1 Å². The number of aromatic nitrogens is 2. The van der Waals surface area contributed by atoms with E-state index in [9.17, 15) is 0 Å². The highest BCUT2D eigenvalue weighted by Crippen LogP contribution is 2.19. The van der Waals surface area contributed by atoms with Gasteiger partial charge in [-0.3, -0.25) is 4.68 Å². The zero-order valence-electron chi connectivity index (χ0n) is 7.40. The third-order valence-corrected chi connectivity index (χ3v) is 2.53. The summed E-state index contributed by atoms with van der Waals surface area (Å²) in [6, 6.07) is 3.58. The van der Waals surface area contributed by atoms with E-state index >= 15 is 0 Å². The molecule has 0 unspecified atom stereocenters. The summed E-state index contributed by atoms with van der Waals surface area (Å²) in [5.41, 5.74) is 0. The van der Waals surface area contributed by atoms with Crippen molar-refractivity contribution in [1.82, 2.24) is 14.7 Å². The SMILES string of the molecule is CN1CCC(n2c[c]cn2)CC1.